The van der Waals surface area contributed by atoms with E-state index in [2.05, 4.69) is 26.6 Å². The van der Waals surface area contributed by atoms with Gasteiger partial charge in [-0.05, 0) is 71.2 Å². The predicted octanol–water partition coefficient (Wildman–Crippen LogP) is 3.93. The third-order valence-corrected chi connectivity index (χ3v) is 4.76. The summed E-state index contributed by atoms with van der Waals surface area (Å²) in [7, 11) is 0. The molecule has 0 aromatic heterocycles. The molecule has 2 N–H and O–H groups in total. The van der Waals surface area contributed by atoms with Crippen LogP contribution in [0, 0.1) is 6.92 Å². The normalized spacial score (nSPS) is 13.8. The lowest BCUT2D eigenvalue weighted by atomic mass is 10.2. The summed E-state index contributed by atoms with van der Waals surface area (Å²) in [5, 5.41) is 5.96. The minimum atomic E-state index is -0.127. The highest BCUT2D eigenvalue weighted by Crippen LogP contribution is 2.24. The maximum Gasteiger partial charge on any atom is 0.243 e. The summed E-state index contributed by atoms with van der Waals surface area (Å²) in [6, 6.07) is 13.3. The first-order valence-electron chi connectivity index (χ1n) is 8.23. The number of carbonyl (C=O) groups is 2. The van der Waals surface area contributed by atoms with Crippen molar-refractivity contribution in [1.82, 2.24) is 0 Å². The van der Waals surface area contributed by atoms with Crippen LogP contribution in [0.3, 0.4) is 0 Å². The molecule has 3 rings (SSSR count). The summed E-state index contributed by atoms with van der Waals surface area (Å²) in [4.78, 5) is 25.6. The average molecular weight is 402 g/mol. The first-order chi connectivity index (χ1) is 12.0. The fourth-order valence-corrected chi connectivity index (χ4v) is 3.42. The Balaban J connectivity index is 1.55. The Morgan fingerprint density at radius 3 is 2.60 bits per heavy atom. The van der Waals surface area contributed by atoms with Gasteiger partial charge in [0.05, 0.1) is 6.54 Å². The molecule has 2 amide bonds. The Morgan fingerprint density at radius 1 is 1.20 bits per heavy atom. The van der Waals surface area contributed by atoms with Crippen LogP contribution in [0.1, 0.15) is 18.4 Å². The van der Waals surface area contributed by atoms with Crippen LogP contribution in [0.2, 0.25) is 0 Å². The molecular weight excluding hydrogens is 382 g/mol. The quantitative estimate of drug-likeness (QED) is 0.797. The van der Waals surface area contributed by atoms with Crippen molar-refractivity contribution in [1.29, 1.82) is 0 Å². The maximum absolute atomic E-state index is 12.1. The SMILES string of the molecule is Cc1ccc(NCC(=O)Nc2ccc(N3CCCC3=O)cc2)c(Br)c1. The molecule has 25 heavy (non-hydrogen) atoms. The Kier molecular flexibility index (Phi) is 5.38. The second-order valence-electron chi connectivity index (χ2n) is 6.08. The van der Waals surface area contributed by atoms with Crippen molar-refractivity contribution in [2.75, 3.05) is 28.6 Å². The van der Waals surface area contributed by atoms with Crippen LogP contribution in [0.15, 0.2) is 46.9 Å². The summed E-state index contributed by atoms with van der Waals surface area (Å²) in [5.74, 6) is 0.0298. The van der Waals surface area contributed by atoms with Gasteiger partial charge in [0, 0.05) is 34.5 Å². The van der Waals surface area contributed by atoms with Gasteiger partial charge in [0.15, 0.2) is 0 Å². The number of benzene rings is 2. The van der Waals surface area contributed by atoms with Gasteiger partial charge in [-0.25, -0.2) is 0 Å². The predicted molar refractivity (Wildman–Crippen MR) is 104 cm³/mol. The molecule has 2 aromatic carbocycles. The highest BCUT2D eigenvalue weighted by molar-refractivity contribution is 9.10. The third-order valence-electron chi connectivity index (χ3n) is 4.10. The molecule has 130 valence electrons. The zero-order valence-corrected chi connectivity index (χ0v) is 15.6. The largest absolute Gasteiger partial charge is 0.375 e. The van der Waals surface area contributed by atoms with Gasteiger partial charge < -0.3 is 15.5 Å². The summed E-state index contributed by atoms with van der Waals surface area (Å²) in [5.41, 5.74) is 3.62. The first-order valence-corrected chi connectivity index (χ1v) is 9.02. The second kappa shape index (κ2) is 7.70. The topological polar surface area (TPSA) is 61.4 Å². The summed E-state index contributed by atoms with van der Waals surface area (Å²) < 4.78 is 0.930. The molecule has 2 aromatic rings. The van der Waals surface area contributed by atoms with Gasteiger partial charge in [0.1, 0.15) is 0 Å². The lowest BCUT2D eigenvalue weighted by Crippen LogP contribution is -2.24. The van der Waals surface area contributed by atoms with Gasteiger partial charge in [-0.15, -0.1) is 0 Å². The molecule has 0 aliphatic carbocycles. The Bertz CT molecular complexity index is 790. The molecule has 1 fully saturated rings. The van der Waals surface area contributed by atoms with Crippen molar-refractivity contribution in [2.45, 2.75) is 19.8 Å². The third kappa shape index (κ3) is 4.39. The van der Waals surface area contributed by atoms with Crippen molar-refractivity contribution in [3.63, 3.8) is 0 Å². The number of carbonyl (C=O) groups excluding carboxylic acids is 2. The molecule has 1 aliphatic heterocycles. The number of halogens is 1. The maximum atomic E-state index is 12.1. The Morgan fingerprint density at radius 2 is 1.96 bits per heavy atom. The molecule has 0 radical (unpaired) electrons. The molecule has 1 saturated heterocycles. The van der Waals surface area contributed by atoms with E-state index in [1.54, 1.807) is 4.90 Å². The molecule has 0 unspecified atom stereocenters. The van der Waals surface area contributed by atoms with Gasteiger partial charge in [-0.3, -0.25) is 9.59 Å². The van der Waals surface area contributed by atoms with Crippen LogP contribution in [-0.4, -0.2) is 24.9 Å². The highest BCUT2D eigenvalue weighted by Gasteiger charge is 2.21. The van der Waals surface area contributed by atoms with Gasteiger partial charge in [-0.2, -0.15) is 0 Å². The van der Waals surface area contributed by atoms with Crippen LogP contribution in [0.4, 0.5) is 17.1 Å². The van der Waals surface area contributed by atoms with Crippen LogP contribution >= 0.6 is 15.9 Å². The number of hydrogen-bond acceptors (Lipinski definition) is 3. The van der Waals surface area contributed by atoms with Crippen LogP contribution in [0.5, 0.6) is 0 Å². The van der Waals surface area contributed by atoms with E-state index in [0.717, 1.165) is 34.4 Å². The first kappa shape index (κ1) is 17.5. The van der Waals surface area contributed by atoms with Gasteiger partial charge in [0.2, 0.25) is 11.8 Å². The van der Waals surface area contributed by atoms with E-state index in [4.69, 9.17) is 0 Å². The molecule has 0 atom stereocenters. The lowest BCUT2D eigenvalue weighted by molar-refractivity contribution is -0.117. The lowest BCUT2D eigenvalue weighted by Gasteiger charge is -2.16. The Labute approximate surface area is 155 Å². The minimum absolute atomic E-state index is 0.127. The van der Waals surface area contributed by atoms with Crippen LogP contribution in [0.25, 0.3) is 0 Å². The summed E-state index contributed by atoms with van der Waals surface area (Å²) >= 11 is 3.48. The van der Waals surface area contributed by atoms with Crippen molar-refractivity contribution in [3.8, 4) is 0 Å². The van der Waals surface area contributed by atoms with Crippen molar-refractivity contribution in [2.24, 2.45) is 0 Å². The number of nitrogens with one attached hydrogen (secondary N) is 2. The molecule has 1 aliphatic rings. The van der Waals surface area contributed by atoms with E-state index in [1.807, 2.05) is 49.4 Å². The summed E-state index contributed by atoms with van der Waals surface area (Å²) in [6.07, 6.45) is 1.51. The number of amides is 2. The Hall–Kier alpha value is -2.34. The van der Waals surface area contributed by atoms with E-state index in [-0.39, 0.29) is 18.4 Å². The minimum Gasteiger partial charge on any atom is -0.375 e. The number of hydrogen-bond donors (Lipinski definition) is 2. The van der Waals surface area contributed by atoms with Gasteiger partial charge in [0.25, 0.3) is 0 Å². The van der Waals surface area contributed by atoms with E-state index in [0.29, 0.717) is 12.1 Å². The number of aryl methyl sites for hydroxylation is 1. The zero-order valence-electron chi connectivity index (χ0n) is 14.0. The fourth-order valence-electron chi connectivity index (χ4n) is 2.79. The molecular formula is C19H20BrN3O2. The molecule has 1 heterocycles. The molecule has 0 bridgehead atoms. The van der Waals surface area contributed by atoms with Crippen molar-refractivity contribution < 1.29 is 9.59 Å². The number of rotatable bonds is 5. The van der Waals surface area contributed by atoms with E-state index >= 15 is 0 Å². The van der Waals surface area contributed by atoms with Gasteiger partial charge in [-0.1, -0.05) is 6.07 Å². The molecule has 6 heteroatoms. The van der Waals surface area contributed by atoms with Crippen molar-refractivity contribution in [3.05, 3.63) is 52.5 Å². The molecule has 0 spiro atoms. The van der Waals surface area contributed by atoms with E-state index in [1.165, 1.54) is 0 Å². The molecule has 5 nitrogen and oxygen atoms in total. The average Bonchev–Trinajstić information content (AvgIpc) is 3.01. The van der Waals surface area contributed by atoms with E-state index < -0.39 is 0 Å². The second-order valence-corrected chi connectivity index (χ2v) is 6.94. The zero-order chi connectivity index (χ0) is 17.8. The number of anilines is 3. The van der Waals surface area contributed by atoms with Gasteiger partial charge >= 0.3 is 0 Å². The smallest absolute Gasteiger partial charge is 0.243 e. The monoisotopic (exact) mass is 401 g/mol. The van der Waals surface area contributed by atoms with Crippen LogP contribution in [-0.2, 0) is 9.59 Å². The molecule has 0 saturated carbocycles. The highest BCUT2D eigenvalue weighted by atomic mass is 79.9. The van der Waals surface area contributed by atoms with E-state index in [9.17, 15) is 9.59 Å². The van der Waals surface area contributed by atoms with Crippen molar-refractivity contribution >= 4 is 44.8 Å². The number of nitrogens with zero attached hydrogens (tertiary/aromatic N) is 1. The summed E-state index contributed by atoms with van der Waals surface area (Å²) in [6.45, 7) is 2.95. The standard InChI is InChI=1S/C19H20BrN3O2/c1-13-4-9-17(16(20)11-13)21-12-18(24)22-14-5-7-15(8-6-14)23-10-2-3-19(23)25/h4-9,11,21H,2-3,10,12H2,1H3,(H,22,24). The van der Waals surface area contributed by atoms with Crippen LogP contribution < -0.4 is 15.5 Å². The fraction of sp³-hybridized carbons (Fsp3) is 0.263.